The zero-order valence-corrected chi connectivity index (χ0v) is 36.4. The average molecular weight is 973 g/mol. The van der Waals surface area contributed by atoms with Gasteiger partial charge in [-0.05, 0) is 129 Å². The van der Waals surface area contributed by atoms with Gasteiger partial charge in [-0.2, -0.15) is 52.7 Å². The lowest BCUT2D eigenvalue weighted by Gasteiger charge is -2.34. The van der Waals surface area contributed by atoms with Crippen molar-refractivity contribution in [3.63, 3.8) is 0 Å². The minimum atomic E-state index is -5.17. The third-order valence-corrected chi connectivity index (χ3v) is 13.2. The molecule has 2 nitrogen and oxygen atoms in total. The normalized spacial score (nSPS) is 13.7. The fraction of sp³-hybridized carbons (Fsp3) is 0.0877. The second-order valence-corrected chi connectivity index (χ2v) is 17.3. The quantitative estimate of drug-likeness (QED) is 0.153. The van der Waals surface area contributed by atoms with Crippen molar-refractivity contribution in [2.24, 2.45) is 0 Å². The molecule has 0 radical (unpaired) electrons. The van der Waals surface area contributed by atoms with Gasteiger partial charge in [0.15, 0.2) is 0 Å². The van der Waals surface area contributed by atoms with E-state index in [1.165, 1.54) is 9.80 Å². The molecular weight excluding hydrogens is 941 g/mol. The molecule has 0 atom stereocenters. The number of anilines is 6. The summed E-state index contributed by atoms with van der Waals surface area (Å²) >= 11 is 0. The molecule has 354 valence electrons. The van der Waals surface area contributed by atoms with Gasteiger partial charge in [-0.1, -0.05) is 115 Å². The van der Waals surface area contributed by atoms with E-state index < -0.39 is 63.7 Å². The molecule has 0 aliphatic heterocycles. The second kappa shape index (κ2) is 16.0. The zero-order chi connectivity index (χ0) is 49.8. The molecule has 0 N–H and O–H groups in total. The van der Waals surface area contributed by atoms with Crippen molar-refractivity contribution < 1.29 is 52.7 Å². The van der Waals surface area contributed by atoms with E-state index in [4.69, 9.17) is 0 Å². The molecule has 11 rings (SSSR count). The van der Waals surface area contributed by atoms with Crippen LogP contribution in [0.1, 0.15) is 44.5 Å². The van der Waals surface area contributed by atoms with Gasteiger partial charge in [0, 0.05) is 33.8 Å². The number of rotatable bonds is 6. The maximum Gasteiger partial charge on any atom is 0.416 e. The molecule has 0 heterocycles. The summed E-state index contributed by atoms with van der Waals surface area (Å²) in [5, 5.41) is 1.01. The van der Waals surface area contributed by atoms with Crippen LogP contribution < -0.4 is 9.80 Å². The highest BCUT2D eigenvalue weighted by Crippen LogP contribution is 2.65. The van der Waals surface area contributed by atoms with Crippen LogP contribution in [-0.2, 0) is 30.1 Å². The Hall–Kier alpha value is -8.00. The van der Waals surface area contributed by atoms with E-state index in [2.05, 4.69) is 0 Å². The van der Waals surface area contributed by atoms with Crippen LogP contribution >= 0.6 is 0 Å². The first kappa shape index (κ1) is 45.4. The van der Waals surface area contributed by atoms with Crippen molar-refractivity contribution in [2.45, 2.75) is 30.1 Å². The average Bonchev–Trinajstić information content (AvgIpc) is 3.81. The molecule has 9 aromatic carbocycles. The largest absolute Gasteiger partial charge is 0.416 e. The topological polar surface area (TPSA) is 6.48 Å². The molecule has 0 aromatic heterocycles. The Kier molecular flexibility index (Phi) is 10.3. The summed E-state index contributed by atoms with van der Waals surface area (Å²) in [6, 6.07) is 47.6. The molecule has 0 bridgehead atoms. The predicted octanol–water partition coefficient (Wildman–Crippen LogP) is 18.2. The zero-order valence-electron chi connectivity index (χ0n) is 36.4. The fourth-order valence-electron chi connectivity index (χ4n) is 10.5. The third kappa shape index (κ3) is 7.37. The summed E-state index contributed by atoms with van der Waals surface area (Å²) in [7, 11) is 0. The third-order valence-electron chi connectivity index (χ3n) is 13.2. The Balaban J connectivity index is 1.25. The van der Waals surface area contributed by atoms with E-state index in [9.17, 15) is 52.7 Å². The van der Waals surface area contributed by atoms with Crippen LogP contribution in [0, 0.1) is 0 Å². The summed E-state index contributed by atoms with van der Waals surface area (Å²) in [5.74, 6) is 0. The Labute approximate surface area is 397 Å². The molecule has 9 aromatic rings. The van der Waals surface area contributed by atoms with Gasteiger partial charge in [0.1, 0.15) is 0 Å². The van der Waals surface area contributed by atoms with E-state index in [1.807, 2.05) is 48.5 Å². The lowest BCUT2D eigenvalue weighted by atomic mass is 9.70. The van der Waals surface area contributed by atoms with Crippen molar-refractivity contribution in [3.8, 4) is 22.3 Å². The number of nitrogens with zero attached hydrogens (tertiary/aromatic N) is 2. The molecule has 2 aliphatic rings. The highest BCUT2D eigenvalue weighted by molar-refractivity contribution is 6.12. The highest BCUT2D eigenvalue weighted by atomic mass is 19.4. The smallest absolute Gasteiger partial charge is 0.310 e. The van der Waals surface area contributed by atoms with E-state index >= 15 is 0 Å². The van der Waals surface area contributed by atoms with Crippen molar-refractivity contribution in [3.05, 3.63) is 239 Å². The van der Waals surface area contributed by atoms with Gasteiger partial charge < -0.3 is 9.80 Å². The molecule has 0 unspecified atom stereocenters. The number of benzene rings is 9. The van der Waals surface area contributed by atoms with Gasteiger partial charge >= 0.3 is 24.7 Å². The van der Waals surface area contributed by atoms with Crippen molar-refractivity contribution in [2.75, 3.05) is 9.80 Å². The van der Waals surface area contributed by atoms with Crippen LogP contribution in [0.2, 0.25) is 0 Å². The van der Waals surface area contributed by atoms with Crippen LogP contribution in [-0.4, -0.2) is 0 Å². The lowest BCUT2D eigenvalue weighted by molar-refractivity contribution is -0.144. The van der Waals surface area contributed by atoms with Gasteiger partial charge in [0.25, 0.3) is 0 Å². The molecule has 0 saturated heterocycles. The highest BCUT2D eigenvalue weighted by Gasteiger charge is 2.53. The molecule has 0 amide bonds. The van der Waals surface area contributed by atoms with Gasteiger partial charge in [-0.15, -0.1) is 0 Å². The van der Waals surface area contributed by atoms with E-state index in [0.29, 0.717) is 57.3 Å². The molecule has 0 saturated carbocycles. The number of halogens is 12. The van der Waals surface area contributed by atoms with Crippen LogP contribution in [0.5, 0.6) is 0 Å². The lowest BCUT2D eigenvalue weighted by Crippen LogP contribution is -2.26. The Bertz CT molecular complexity index is 3450. The SMILES string of the molecule is FC(F)(F)c1cc(N(c2ccccc2)c2ccc3c(c2)C2(c4ccccc4-c4ccccc42)c2cc(N(c4ccccc4)c4cc(C(F)(F)F)cc(C(F)(F)F)c4)c4ccccc4c2-3)cc(C(F)(F)F)c1. The minimum Gasteiger partial charge on any atom is -0.310 e. The monoisotopic (exact) mass is 972 g/mol. The fourth-order valence-corrected chi connectivity index (χ4v) is 10.5. The van der Waals surface area contributed by atoms with Crippen molar-refractivity contribution >= 4 is 44.9 Å². The molecular formula is C57H32F12N2. The summed E-state index contributed by atoms with van der Waals surface area (Å²) in [5.41, 5.74) is -1.92. The van der Waals surface area contributed by atoms with Gasteiger partial charge in [0.05, 0.1) is 33.4 Å². The molecule has 14 heteroatoms. The van der Waals surface area contributed by atoms with E-state index in [1.54, 1.807) is 109 Å². The standard InChI is InChI=1S/C57H32F12N2/c58-54(59,60)33-25-34(55(61,62)63)28-40(27-33)70(37-13-3-1-4-14-37)39-23-24-46-49(31-39)53(47-21-11-9-17-42(47)43-18-10-12-22-48(43)53)50-32-51(44-19-7-8-20-45(44)52(46)50)71(38-15-5-2-6-16-38)41-29-35(56(64,65)66)26-36(30-41)57(67,68)69/h1-32H. The number of para-hydroxylation sites is 2. The van der Waals surface area contributed by atoms with Gasteiger partial charge in [0.2, 0.25) is 0 Å². The number of fused-ring (bicyclic) bond motifs is 12. The second-order valence-electron chi connectivity index (χ2n) is 17.3. The van der Waals surface area contributed by atoms with Crippen molar-refractivity contribution in [1.29, 1.82) is 0 Å². The van der Waals surface area contributed by atoms with E-state index in [-0.39, 0.29) is 34.9 Å². The van der Waals surface area contributed by atoms with Gasteiger partial charge in [-0.25, -0.2) is 0 Å². The summed E-state index contributed by atoms with van der Waals surface area (Å²) in [6.07, 6.45) is -20.7. The summed E-state index contributed by atoms with van der Waals surface area (Å²) in [6.45, 7) is 0. The number of alkyl halides is 12. The van der Waals surface area contributed by atoms with Crippen molar-refractivity contribution in [1.82, 2.24) is 0 Å². The predicted molar refractivity (Wildman–Crippen MR) is 250 cm³/mol. The summed E-state index contributed by atoms with van der Waals surface area (Å²) in [4.78, 5) is 2.69. The molecule has 2 aliphatic carbocycles. The first-order chi connectivity index (χ1) is 33.7. The first-order valence-corrected chi connectivity index (χ1v) is 21.9. The Morgan fingerprint density at radius 2 is 0.690 bits per heavy atom. The maximum atomic E-state index is 14.6. The maximum absolute atomic E-state index is 14.6. The van der Waals surface area contributed by atoms with Crippen LogP contribution in [0.4, 0.5) is 86.8 Å². The molecule has 0 fully saturated rings. The Morgan fingerprint density at radius 3 is 1.17 bits per heavy atom. The van der Waals surface area contributed by atoms with Crippen LogP contribution in [0.25, 0.3) is 33.0 Å². The van der Waals surface area contributed by atoms with Crippen LogP contribution in [0.15, 0.2) is 194 Å². The minimum absolute atomic E-state index is 0.0676. The number of hydrogen-bond donors (Lipinski definition) is 0. The number of hydrogen-bond acceptors (Lipinski definition) is 2. The Morgan fingerprint density at radius 1 is 0.282 bits per heavy atom. The van der Waals surface area contributed by atoms with Crippen LogP contribution in [0.3, 0.4) is 0 Å². The van der Waals surface area contributed by atoms with Gasteiger partial charge in [-0.3, -0.25) is 0 Å². The summed E-state index contributed by atoms with van der Waals surface area (Å²) < 4.78 is 175. The molecule has 1 spiro atoms. The first-order valence-electron chi connectivity index (χ1n) is 21.9. The molecule has 71 heavy (non-hydrogen) atoms. The van der Waals surface area contributed by atoms with E-state index in [0.717, 1.165) is 22.3 Å².